The van der Waals surface area contributed by atoms with Crippen LogP contribution in [0.5, 0.6) is 0 Å². The molecule has 5 nitrogen and oxygen atoms in total. The number of ether oxygens (including phenoxy) is 1. The predicted octanol–water partition coefficient (Wildman–Crippen LogP) is 3.57. The van der Waals surface area contributed by atoms with Crippen LogP contribution in [0.4, 0.5) is 4.39 Å². The van der Waals surface area contributed by atoms with Crippen LogP contribution < -0.4 is 5.32 Å². The Labute approximate surface area is 159 Å². The molecule has 0 amide bonds. The van der Waals surface area contributed by atoms with Gasteiger partial charge in [0.2, 0.25) is 0 Å². The number of rotatable bonds is 8. The van der Waals surface area contributed by atoms with E-state index in [-0.39, 0.29) is 18.0 Å². The SMILES string of the molecule is CC(C)CCNC[C@H]1O[C@H](Cc2cc(-c3ccc(F)cc3)on2)CC[C@@H]1O. The zero-order chi connectivity index (χ0) is 19.2. The maximum absolute atomic E-state index is 13.0. The summed E-state index contributed by atoms with van der Waals surface area (Å²) in [4.78, 5) is 0. The van der Waals surface area contributed by atoms with Crippen molar-refractivity contribution in [3.63, 3.8) is 0 Å². The number of nitrogens with one attached hydrogen (secondary N) is 1. The fourth-order valence-electron chi connectivity index (χ4n) is 3.31. The van der Waals surface area contributed by atoms with E-state index >= 15 is 0 Å². The maximum atomic E-state index is 13.0. The van der Waals surface area contributed by atoms with Crippen molar-refractivity contribution < 1.29 is 18.8 Å². The van der Waals surface area contributed by atoms with Gasteiger partial charge in [0, 0.05) is 24.6 Å². The Balaban J connectivity index is 1.52. The van der Waals surface area contributed by atoms with Crippen molar-refractivity contribution in [2.75, 3.05) is 13.1 Å². The van der Waals surface area contributed by atoms with Gasteiger partial charge in [-0.3, -0.25) is 0 Å². The largest absolute Gasteiger partial charge is 0.390 e. The molecule has 0 aliphatic carbocycles. The van der Waals surface area contributed by atoms with Crippen LogP contribution in [0.2, 0.25) is 0 Å². The predicted molar refractivity (Wildman–Crippen MR) is 102 cm³/mol. The van der Waals surface area contributed by atoms with Crippen LogP contribution in [0.3, 0.4) is 0 Å². The minimum atomic E-state index is -0.431. The molecule has 3 rings (SSSR count). The Morgan fingerprint density at radius 1 is 1.26 bits per heavy atom. The molecule has 2 N–H and O–H groups in total. The lowest BCUT2D eigenvalue weighted by Gasteiger charge is -2.34. The molecular weight excluding hydrogens is 347 g/mol. The summed E-state index contributed by atoms with van der Waals surface area (Å²) in [5.74, 6) is 0.998. The standard InChI is InChI=1S/C21H29FN2O3/c1-14(2)9-10-23-13-21-19(25)8-7-18(26-21)11-17-12-20(27-24-17)15-3-5-16(22)6-4-15/h3-6,12,14,18-19,21,23,25H,7-11,13H2,1-2H3/t18-,19-,21+/m0/s1. The van der Waals surface area contributed by atoms with Crippen molar-refractivity contribution in [2.24, 2.45) is 5.92 Å². The van der Waals surface area contributed by atoms with E-state index in [9.17, 15) is 9.50 Å². The number of nitrogens with zero attached hydrogens (tertiary/aromatic N) is 1. The molecule has 1 fully saturated rings. The molecule has 0 spiro atoms. The lowest BCUT2D eigenvalue weighted by atomic mass is 9.98. The van der Waals surface area contributed by atoms with Gasteiger partial charge in [-0.25, -0.2) is 4.39 Å². The second kappa shape index (κ2) is 9.44. The van der Waals surface area contributed by atoms with Gasteiger partial charge in [-0.05, 0) is 56.0 Å². The quantitative estimate of drug-likeness (QED) is 0.690. The molecule has 2 heterocycles. The fraction of sp³-hybridized carbons (Fsp3) is 0.571. The first kappa shape index (κ1) is 20.0. The number of aliphatic hydroxyl groups is 1. The molecule has 6 heteroatoms. The highest BCUT2D eigenvalue weighted by Crippen LogP contribution is 2.25. The maximum Gasteiger partial charge on any atom is 0.167 e. The Morgan fingerprint density at radius 3 is 2.78 bits per heavy atom. The van der Waals surface area contributed by atoms with E-state index < -0.39 is 6.10 Å². The molecule has 1 aliphatic rings. The molecule has 148 valence electrons. The van der Waals surface area contributed by atoms with Gasteiger partial charge in [0.1, 0.15) is 5.82 Å². The Bertz CT molecular complexity index is 702. The zero-order valence-corrected chi connectivity index (χ0v) is 16.0. The first-order chi connectivity index (χ1) is 13.0. The second-order valence-corrected chi connectivity index (χ2v) is 7.72. The van der Waals surface area contributed by atoms with Crippen molar-refractivity contribution in [3.8, 4) is 11.3 Å². The van der Waals surface area contributed by atoms with Crippen molar-refractivity contribution >= 4 is 0 Å². The van der Waals surface area contributed by atoms with E-state index in [2.05, 4.69) is 24.3 Å². The Hall–Kier alpha value is -1.76. The molecule has 1 aliphatic heterocycles. The highest BCUT2D eigenvalue weighted by molar-refractivity contribution is 5.57. The number of halogens is 1. The third-order valence-corrected chi connectivity index (χ3v) is 4.95. The summed E-state index contributed by atoms with van der Waals surface area (Å²) in [6.07, 6.45) is 2.65. The van der Waals surface area contributed by atoms with Gasteiger partial charge in [0.05, 0.1) is 24.0 Å². The fourth-order valence-corrected chi connectivity index (χ4v) is 3.31. The average Bonchev–Trinajstić information content (AvgIpc) is 3.10. The highest BCUT2D eigenvalue weighted by Gasteiger charge is 2.30. The number of hydrogen-bond acceptors (Lipinski definition) is 5. The number of aromatic nitrogens is 1. The molecule has 1 aromatic carbocycles. The van der Waals surface area contributed by atoms with Crippen LogP contribution in [0, 0.1) is 11.7 Å². The van der Waals surface area contributed by atoms with E-state index in [0.29, 0.717) is 24.6 Å². The molecule has 1 saturated heterocycles. The van der Waals surface area contributed by atoms with E-state index in [0.717, 1.165) is 37.1 Å². The summed E-state index contributed by atoms with van der Waals surface area (Å²) in [6, 6.07) is 8.02. The van der Waals surface area contributed by atoms with Crippen molar-refractivity contribution in [1.29, 1.82) is 0 Å². The van der Waals surface area contributed by atoms with Crippen LogP contribution in [-0.2, 0) is 11.2 Å². The van der Waals surface area contributed by atoms with Crippen LogP contribution in [0.1, 0.15) is 38.8 Å². The van der Waals surface area contributed by atoms with Gasteiger partial charge >= 0.3 is 0 Å². The average molecular weight is 376 g/mol. The smallest absolute Gasteiger partial charge is 0.167 e. The monoisotopic (exact) mass is 376 g/mol. The van der Waals surface area contributed by atoms with E-state index in [1.807, 2.05) is 6.07 Å². The zero-order valence-electron chi connectivity index (χ0n) is 16.0. The molecule has 3 atom stereocenters. The Morgan fingerprint density at radius 2 is 2.04 bits per heavy atom. The number of hydrogen-bond donors (Lipinski definition) is 2. The lowest BCUT2D eigenvalue weighted by molar-refractivity contribution is -0.114. The second-order valence-electron chi connectivity index (χ2n) is 7.72. The highest BCUT2D eigenvalue weighted by atomic mass is 19.1. The summed E-state index contributed by atoms with van der Waals surface area (Å²) in [6.45, 7) is 5.98. The Kier molecular flexibility index (Phi) is 6.99. The van der Waals surface area contributed by atoms with Gasteiger partial charge in [0.15, 0.2) is 5.76 Å². The van der Waals surface area contributed by atoms with Gasteiger partial charge in [-0.1, -0.05) is 19.0 Å². The molecular formula is C21H29FN2O3. The summed E-state index contributed by atoms with van der Waals surface area (Å²) in [7, 11) is 0. The van der Waals surface area contributed by atoms with Crippen LogP contribution in [-0.4, -0.2) is 41.7 Å². The van der Waals surface area contributed by atoms with Gasteiger partial charge in [0.25, 0.3) is 0 Å². The summed E-state index contributed by atoms with van der Waals surface area (Å²) in [5, 5.41) is 17.7. The molecule has 0 radical (unpaired) electrons. The van der Waals surface area contributed by atoms with E-state index in [1.54, 1.807) is 12.1 Å². The normalized spacial score (nSPS) is 23.1. The van der Waals surface area contributed by atoms with Gasteiger partial charge in [-0.15, -0.1) is 0 Å². The van der Waals surface area contributed by atoms with Crippen molar-refractivity contribution in [2.45, 2.75) is 57.8 Å². The topological polar surface area (TPSA) is 67.5 Å². The van der Waals surface area contributed by atoms with E-state index in [4.69, 9.17) is 9.26 Å². The van der Waals surface area contributed by atoms with Crippen LogP contribution in [0.15, 0.2) is 34.9 Å². The van der Waals surface area contributed by atoms with Gasteiger partial charge < -0.3 is 19.7 Å². The molecule has 27 heavy (non-hydrogen) atoms. The lowest BCUT2D eigenvalue weighted by Crippen LogP contribution is -2.45. The van der Waals surface area contributed by atoms with Gasteiger partial charge in [-0.2, -0.15) is 0 Å². The molecule has 1 aromatic heterocycles. The minimum absolute atomic E-state index is 0.0106. The summed E-state index contributed by atoms with van der Waals surface area (Å²) >= 11 is 0. The summed E-state index contributed by atoms with van der Waals surface area (Å²) in [5.41, 5.74) is 1.60. The third-order valence-electron chi connectivity index (χ3n) is 4.95. The number of aliphatic hydroxyl groups excluding tert-OH is 1. The van der Waals surface area contributed by atoms with Crippen molar-refractivity contribution in [1.82, 2.24) is 10.5 Å². The third kappa shape index (κ3) is 5.86. The van der Waals surface area contributed by atoms with E-state index in [1.165, 1.54) is 12.1 Å². The molecule has 0 saturated carbocycles. The van der Waals surface area contributed by atoms with Crippen LogP contribution >= 0.6 is 0 Å². The molecule has 0 unspecified atom stereocenters. The number of benzene rings is 1. The molecule has 2 aromatic rings. The first-order valence-electron chi connectivity index (χ1n) is 9.77. The van der Waals surface area contributed by atoms with Crippen LogP contribution in [0.25, 0.3) is 11.3 Å². The summed E-state index contributed by atoms with van der Waals surface area (Å²) < 4.78 is 24.5. The van der Waals surface area contributed by atoms with Crippen molar-refractivity contribution in [3.05, 3.63) is 41.8 Å². The first-order valence-corrected chi connectivity index (χ1v) is 9.77. The minimum Gasteiger partial charge on any atom is -0.390 e. The molecule has 0 bridgehead atoms.